The molecule has 3 rings (SSSR count). The van der Waals surface area contributed by atoms with Gasteiger partial charge in [-0.2, -0.15) is 8.78 Å². The van der Waals surface area contributed by atoms with E-state index >= 15 is 0 Å². The number of aromatic nitrogens is 3. The maximum absolute atomic E-state index is 12.8. The van der Waals surface area contributed by atoms with Crippen molar-refractivity contribution in [3.05, 3.63) is 35.4 Å². The average Bonchev–Trinajstić information content (AvgIpc) is 3.31. The Kier molecular flexibility index (Phi) is 9.53. The molecule has 0 atom stereocenters. The molecule has 2 heterocycles. The number of benzene rings is 1. The van der Waals surface area contributed by atoms with Crippen LogP contribution in [0, 0.1) is 0 Å². The third-order valence-corrected chi connectivity index (χ3v) is 4.50. The summed E-state index contributed by atoms with van der Waals surface area (Å²) in [7, 11) is 1.64. The molecule has 0 saturated carbocycles. The van der Waals surface area contributed by atoms with Crippen LogP contribution in [0.4, 0.5) is 8.78 Å². The first kappa shape index (κ1) is 24.1. The number of hydrogen-bond donors (Lipinski definition) is 2. The Morgan fingerprint density at radius 2 is 2.07 bits per heavy atom. The van der Waals surface area contributed by atoms with Crippen molar-refractivity contribution in [2.75, 3.05) is 13.7 Å². The van der Waals surface area contributed by atoms with Crippen molar-refractivity contribution in [1.82, 2.24) is 25.4 Å². The minimum atomic E-state index is -2.91. The van der Waals surface area contributed by atoms with E-state index in [9.17, 15) is 8.78 Å². The van der Waals surface area contributed by atoms with Crippen molar-refractivity contribution in [3.63, 3.8) is 0 Å². The number of nitrogens with one attached hydrogen (secondary N) is 2. The summed E-state index contributed by atoms with van der Waals surface area (Å²) in [6, 6.07) is 4.92. The highest BCUT2D eigenvalue weighted by Gasteiger charge is 2.17. The second kappa shape index (κ2) is 11.9. The van der Waals surface area contributed by atoms with E-state index in [0.717, 1.165) is 37.5 Å². The van der Waals surface area contributed by atoms with Crippen molar-refractivity contribution in [2.45, 2.75) is 52.4 Å². The number of rotatable bonds is 9. The first-order valence-corrected chi connectivity index (χ1v) is 9.66. The summed E-state index contributed by atoms with van der Waals surface area (Å²) < 4.78 is 37.9. The molecule has 0 saturated heterocycles. The Morgan fingerprint density at radius 1 is 1.27 bits per heavy atom. The molecule has 0 unspecified atom stereocenters. The molecule has 2 aromatic rings. The van der Waals surface area contributed by atoms with Gasteiger partial charge in [-0.1, -0.05) is 6.92 Å². The lowest BCUT2D eigenvalue weighted by Crippen LogP contribution is -2.37. The number of nitrogens with zero attached hydrogens (tertiary/aromatic N) is 4. The minimum Gasteiger partial charge on any atom is -0.493 e. The number of ether oxygens (including phenoxy) is 2. The molecule has 0 fully saturated rings. The van der Waals surface area contributed by atoms with Gasteiger partial charge in [0.25, 0.3) is 0 Å². The second-order valence-corrected chi connectivity index (χ2v) is 6.56. The van der Waals surface area contributed by atoms with Crippen LogP contribution in [-0.4, -0.2) is 41.0 Å². The number of aryl methyl sites for hydroxylation is 1. The number of halogens is 3. The van der Waals surface area contributed by atoms with Gasteiger partial charge in [-0.3, -0.25) is 4.99 Å². The van der Waals surface area contributed by atoms with Crippen LogP contribution in [0.3, 0.4) is 0 Å². The Balaban J connectivity index is 0.00000320. The summed E-state index contributed by atoms with van der Waals surface area (Å²) in [4.78, 5) is 4.17. The molecule has 1 aromatic carbocycles. The highest BCUT2D eigenvalue weighted by atomic mass is 127. The zero-order chi connectivity index (χ0) is 20.6. The van der Waals surface area contributed by atoms with E-state index in [2.05, 4.69) is 35.1 Å². The highest BCUT2D eigenvalue weighted by molar-refractivity contribution is 14.0. The van der Waals surface area contributed by atoms with E-state index in [1.165, 1.54) is 6.07 Å². The number of aliphatic imine (C=N–C) groups is 1. The Labute approximate surface area is 191 Å². The van der Waals surface area contributed by atoms with Crippen LogP contribution in [0.1, 0.15) is 37.0 Å². The molecule has 0 amide bonds. The quantitative estimate of drug-likeness (QED) is 0.291. The highest BCUT2D eigenvalue weighted by Crippen LogP contribution is 2.26. The smallest absolute Gasteiger partial charge is 0.387 e. The largest absolute Gasteiger partial charge is 0.493 e. The first-order chi connectivity index (χ1) is 14.1. The number of hydrogen-bond acceptors (Lipinski definition) is 5. The molecule has 8 nitrogen and oxygen atoms in total. The van der Waals surface area contributed by atoms with Gasteiger partial charge in [0.05, 0.1) is 13.2 Å². The maximum Gasteiger partial charge on any atom is 0.387 e. The molecular weight excluding hydrogens is 509 g/mol. The summed E-state index contributed by atoms with van der Waals surface area (Å²) in [5, 5.41) is 14.7. The number of alkyl halides is 2. The molecule has 0 aliphatic carbocycles. The predicted octanol–water partition coefficient (Wildman–Crippen LogP) is 3.10. The lowest BCUT2D eigenvalue weighted by atomic mass is 10.2. The lowest BCUT2D eigenvalue weighted by molar-refractivity contribution is -0.0505. The zero-order valence-electron chi connectivity index (χ0n) is 17.0. The monoisotopic (exact) mass is 536 g/mol. The summed E-state index contributed by atoms with van der Waals surface area (Å²) in [5.41, 5.74) is 0.570. The molecule has 30 heavy (non-hydrogen) atoms. The first-order valence-electron chi connectivity index (χ1n) is 9.66. The summed E-state index contributed by atoms with van der Waals surface area (Å²) in [5.74, 6) is 2.94. The second-order valence-electron chi connectivity index (χ2n) is 6.56. The SMILES string of the molecule is CCCOc1ccc(CNC(=NC)NCc2nnc3n2CCC3)c(OC(F)F)c1.I. The van der Waals surface area contributed by atoms with E-state index in [-0.39, 0.29) is 36.3 Å². The molecule has 1 aromatic heterocycles. The predicted molar refractivity (Wildman–Crippen MR) is 120 cm³/mol. The third-order valence-electron chi connectivity index (χ3n) is 4.50. The van der Waals surface area contributed by atoms with Gasteiger partial charge in [-0.15, -0.1) is 34.2 Å². The van der Waals surface area contributed by atoms with Crippen LogP contribution in [-0.2, 0) is 26.1 Å². The molecule has 1 aliphatic rings. The van der Waals surface area contributed by atoms with Gasteiger partial charge in [-0.05, 0) is 25.0 Å². The number of guanidine groups is 1. The van der Waals surface area contributed by atoms with Crippen LogP contribution >= 0.6 is 24.0 Å². The van der Waals surface area contributed by atoms with Crippen molar-refractivity contribution >= 4 is 29.9 Å². The van der Waals surface area contributed by atoms with E-state index in [1.54, 1.807) is 19.2 Å². The van der Waals surface area contributed by atoms with Crippen LogP contribution in [0.2, 0.25) is 0 Å². The van der Waals surface area contributed by atoms with E-state index in [1.807, 2.05) is 6.92 Å². The molecule has 0 spiro atoms. The average molecular weight is 536 g/mol. The Hall–Kier alpha value is -2.18. The van der Waals surface area contributed by atoms with Crippen LogP contribution < -0.4 is 20.1 Å². The fraction of sp³-hybridized carbons (Fsp3) is 0.526. The number of fused-ring (bicyclic) bond motifs is 1. The van der Waals surface area contributed by atoms with E-state index < -0.39 is 6.61 Å². The molecule has 166 valence electrons. The maximum atomic E-state index is 12.8. The van der Waals surface area contributed by atoms with Crippen LogP contribution in [0.15, 0.2) is 23.2 Å². The summed E-state index contributed by atoms with van der Waals surface area (Å²) in [6.45, 7) is 1.22. The minimum absolute atomic E-state index is 0. The van der Waals surface area contributed by atoms with E-state index in [0.29, 0.717) is 30.4 Å². The summed E-state index contributed by atoms with van der Waals surface area (Å²) in [6.07, 6.45) is 2.85. The van der Waals surface area contributed by atoms with Gasteiger partial charge in [0, 0.05) is 38.2 Å². The van der Waals surface area contributed by atoms with Gasteiger partial charge < -0.3 is 24.7 Å². The fourth-order valence-corrected chi connectivity index (χ4v) is 3.10. The van der Waals surface area contributed by atoms with Crippen LogP contribution in [0.25, 0.3) is 0 Å². The van der Waals surface area contributed by atoms with Crippen LogP contribution in [0.5, 0.6) is 11.5 Å². The lowest BCUT2D eigenvalue weighted by Gasteiger charge is -2.16. The Bertz CT molecular complexity index is 846. The molecule has 0 bridgehead atoms. The zero-order valence-corrected chi connectivity index (χ0v) is 19.4. The summed E-state index contributed by atoms with van der Waals surface area (Å²) >= 11 is 0. The third kappa shape index (κ3) is 6.41. The van der Waals surface area contributed by atoms with Gasteiger partial charge in [-0.25, -0.2) is 0 Å². The normalized spacial score (nSPS) is 13.0. The van der Waals surface area contributed by atoms with Crippen molar-refractivity contribution in [1.29, 1.82) is 0 Å². The molecule has 2 N–H and O–H groups in total. The fourth-order valence-electron chi connectivity index (χ4n) is 3.10. The van der Waals surface area contributed by atoms with Crippen molar-refractivity contribution in [2.24, 2.45) is 4.99 Å². The standard InChI is InChI=1S/C19H26F2N6O2.HI/c1-3-9-28-14-7-6-13(15(10-14)29-18(20)21)11-23-19(22-2)24-12-17-26-25-16-5-4-8-27(16)17;/h6-7,10,18H,3-5,8-9,11-12H2,1-2H3,(H2,22,23,24);1H. The van der Waals surface area contributed by atoms with Gasteiger partial charge in [0.15, 0.2) is 11.8 Å². The molecule has 1 aliphatic heterocycles. The topological polar surface area (TPSA) is 85.6 Å². The van der Waals surface area contributed by atoms with Gasteiger partial charge in [0.1, 0.15) is 17.3 Å². The molecular formula is C19H27F2IN6O2. The van der Waals surface area contributed by atoms with Crippen molar-refractivity contribution in [3.8, 4) is 11.5 Å². The molecule has 0 radical (unpaired) electrons. The molecule has 11 heteroatoms. The van der Waals surface area contributed by atoms with Gasteiger partial charge >= 0.3 is 6.61 Å². The Morgan fingerprint density at radius 3 is 2.80 bits per heavy atom. The van der Waals surface area contributed by atoms with Gasteiger partial charge in [0.2, 0.25) is 0 Å². The van der Waals surface area contributed by atoms with Crippen molar-refractivity contribution < 1.29 is 18.3 Å². The van der Waals surface area contributed by atoms with E-state index in [4.69, 9.17) is 4.74 Å².